The molecule has 2 bridgehead atoms. The highest BCUT2D eigenvalue weighted by atomic mass is 16.2. The highest BCUT2D eigenvalue weighted by Crippen LogP contribution is 2.40. The summed E-state index contributed by atoms with van der Waals surface area (Å²) < 4.78 is 0. The minimum absolute atomic E-state index is 0.0759. The molecular formula is C12H11NO. The van der Waals surface area contributed by atoms with E-state index in [0.29, 0.717) is 0 Å². The van der Waals surface area contributed by atoms with Gasteiger partial charge in [-0.25, -0.2) is 0 Å². The van der Waals surface area contributed by atoms with Gasteiger partial charge in [0.1, 0.15) is 0 Å². The predicted octanol–water partition coefficient (Wildman–Crippen LogP) is 1.69. The molecule has 1 amide bonds. The monoisotopic (exact) mass is 185 g/mol. The molecule has 0 saturated heterocycles. The zero-order chi connectivity index (χ0) is 9.76. The van der Waals surface area contributed by atoms with E-state index in [1.54, 1.807) is 0 Å². The molecule has 2 atom stereocenters. The molecule has 0 saturated carbocycles. The van der Waals surface area contributed by atoms with Gasteiger partial charge in [-0.1, -0.05) is 36.4 Å². The summed E-state index contributed by atoms with van der Waals surface area (Å²) in [6, 6.07) is 8.14. The van der Waals surface area contributed by atoms with Gasteiger partial charge < -0.3 is 5.32 Å². The topological polar surface area (TPSA) is 29.1 Å². The molecular weight excluding hydrogens is 174 g/mol. The van der Waals surface area contributed by atoms with Crippen molar-refractivity contribution in [3.05, 3.63) is 47.5 Å². The summed E-state index contributed by atoms with van der Waals surface area (Å²) in [5.74, 6) is 0.0433. The minimum atomic E-state index is -0.289. The van der Waals surface area contributed by atoms with Gasteiger partial charge in [-0.15, -0.1) is 0 Å². The van der Waals surface area contributed by atoms with Gasteiger partial charge in [-0.05, 0) is 18.1 Å². The Hall–Kier alpha value is -1.57. The van der Waals surface area contributed by atoms with Crippen molar-refractivity contribution < 1.29 is 4.79 Å². The zero-order valence-electron chi connectivity index (χ0n) is 7.95. The maximum absolute atomic E-state index is 11.7. The van der Waals surface area contributed by atoms with Crippen molar-refractivity contribution in [3.8, 4) is 0 Å². The number of carbonyl (C=O) groups is 1. The molecule has 1 N–H and O–H groups in total. The molecule has 0 aromatic heterocycles. The van der Waals surface area contributed by atoms with E-state index in [9.17, 15) is 4.79 Å². The van der Waals surface area contributed by atoms with Crippen LogP contribution in [0.15, 0.2) is 36.4 Å². The second kappa shape index (κ2) is 2.27. The van der Waals surface area contributed by atoms with Crippen LogP contribution in [-0.4, -0.2) is 5.91 Å². The average molecular weight is 185 g/mol. The molecule has 2 aliphatic heterocycles. The minimum Gasteiger partial charge on any atom is -0.343 e. The molecule has 1 aromatic carbocycles. The van der Waals surface area contributed by atoms with Crippen LogP contribution in [0.5, 0.6) is 0 Å². The lowest BCUT2D eigenvalue weighted by Gasteiger charge is -2.41. The Bertz CT molecular complexity index is 449. The quantitative estimate of drug-likeness (QED) is 0.612. The van der Waals surface area contributed by atoms with Crippen LogP contribution in [0.3, 0.4) is 0 Å². The molecule has 2 heteroatoms. The van der Waals surface area contributed by atoms with E-state index in [2.05, 4.69) is 17.5 Å². The van der Waals surface area contributed by atoms with Crippen LogP contribution in [0.1, 0.15) is 24.0 Å². The molecule has 2 heterocycles. The van der Waals surface area contributed by atoms with Crippen molar-refractivity contribution in [2.24, 2.45) is 0 Å². The Morgan fingerprint density at radius 3 is 2.93 bits per heavy atom. The molecule has 1 aliphatic carbocycles. The fourth-order valence-corrected chi connectivity index (χ4v) is 2.39. The Morgan fingerprint density at radius 1 is 1.36 bits per heavy atom. The number of carbonyl (C=O) groups excluding carboxylic acids is 1. The molecule has 2 nitrogen and oxygen atoms in total. The molecule has 4 rings (SSSR count). The van der Waals surface area contributed by atoms with Gasteiger partial charge in [0.25, 0.3) is 0 Å². The Morgan fingerprint density at radius 2 is 2.14 bits per heavy atom. The van der Waals surface area contributed by atoms with Gasteiger partial charge in [0.15, 0.2) is 0 Å². The largest absolute Gasteiger partial charge is 0.343 e. The van der Waals surface area contributed by atoms with Crippen LogP contribution < -0.4 is 5.32 Å². The lowest BCUT2D eigenvalue weighted by molar-refractivity contribution is -0.124. The number of nitrogens with one attached hydrogen (secondary N) is 1. The van der Waals surface area contributed by atoms with Crippen molar-refractivity contribution in [3.63, 3.8) is 0 Å². The molecule has 2 unspecified atom stereocenters. The first-order valence-electron chi connectivity index (χ1n) is 4.81. The van der Waals surface area contributed by atoms with E-state index in [-0.39, 0.29) is 17.4 Å². The third kappa shape index (κ3) is 0.782. The smallest absolute Gasteiger partial charge is 0.232 e. The van der Waals surface area contributed by atoms with Gasteiger partial charge in [-0.3, -0.25) is 4.79 Å². The van der Waals surface area contributed by atoms with E-state index >= 15 is 0 Å². The summed E-state index contributed by atoms with van der Waals surface area (Å²) >= 11 is 0. The third-order valence-electron chi connectivity index (χ3n) is 3.14. The average Bonchev–Trinajstić information content (AvgIpc) is 2.18. The predicted molar refractivity (Wildman–Crippen MR) is 53.8 cm³/mol. The maximum Gasteiger partial charge on any atom is 0.232 e. The van der Waals surface area contributed by atoms with Crippen LogP contribution in [0.4, 0.5) is 0 Å². The van der Waals surface area contributed by atoms with Crippen LogP contribution >= 0.6 is 0 Å². The molecule has 0 fully saturated rings. The van der Waals surface area contributed by atoms with E-state index in [1.807, 2.05) is 31.2 Å². The molecule has 3 aliphatic rings. The van der Waals surface area contributed by atoms with Crippen molar-refractivity contribution in [1.82, 2.24) is 5.32 Å². The van der Waals surface area contributed by atoms with Crippen molar-refractivity contribution >= 4 is 5.91 Å². The van der Waals surface area contributed by atoms with Crippen LogP contribution in [0, 0.1) is 0 Å². The number of fused-ring (bicyclic) bond motifs is 1. The third-order valence-corrected chi connectivity index (χ3v) is 3.14. The van der Waals surface area contributed by atoms with Crippen LogP contribution in [0.25, 0.3) is 0 Å². The summed E-state index contributed by atoms with van der Waals surface area (Å²) in [6.45, 7) is 2.04. The number of hydrogen-bond acceptors (Lipinski definition) is 1. The molecule has 70 valence electrons. The fourth-order valence-electron chi connectivity index (χ4n) is 2.39. The molecule has 1 aromatic rings. The molecule has 0 radical (unpaired) electrons. The van der Waals surface area contributed by atoms with Crippen LogP contribution in [-0.2, 0) is 10.3 Å². The highest BCUT2D eigenvalue weighted by Gasteiger charge is 2.41. The second-order valence-corrected chi connectivity index (χ2v) is 4.12. The van der Waals surface area contributed by atoms with Crippen molar-refractivity contribution in [1.29, 1.82) is 0 Å². The van der Waals surface area contributed by atoms with E-state index < -0.39 is 0 Å². The van der Waals surface area contributed by atoms with E-state index in [1.165, 1.54) is 5.56 Å². The second-order valence-electron chi connectivity index (χ2n) is 4.12. The maximum atomic E-state index is 11.7. The molecule has 0 spiro atoms. The fraction of sp³-hybridized carbons (Fsp3) is 0.250. The van der Waals surface area contributed by atoms with Crippen LogP contribution in [0.2, 0.25) is 0 Å². The first-order chi connectivity index (χ1) is 6.71. The summed E-state index contributed by atoms with van der Waals surface area (Å²) in [4.78, 5) is 11.7. The number of rotatable bonds is 0. The van der Waals surface area contributed by atoms with Crippen molar-refractivity contribution in [2.75, 3.05) is 0 Å². The summed E-state index contributed by atoms with van der Waals surface area (Å²) in [5, 5.41) is 3.02. The summed E-state index contributed by atoms with van der Waals surface area (Å²) in [5.41, 5.74) is 2.09. The SMILES string of the molecule is CC12C=CC(C(=O)N1)c1ccccc12. The van der Waals surface area contributed by atoms with Crippen molar-refractivity contribution in [2.45, 2.75) is 18.4 Å². The number of benzene rings is 1. The van der Waals surface area contributed by atoms with Gasteiger partial charge in [0.2, 0.25) is 5.91 Å². The van der Waals surface area contributed by atoms with Gasteiger partial charge in [0, 0.05) is 0 Å². The van der Waals surface area contributed by atoms with E-state index in [4.69, 9.17) is 0 Å². The highest BCUT2D eigenvalue weighted by molar-refractivity contribution is 5.91. The first kappa shape index (κ1) is 7.80. The Balaban J connectivity index is 2.32. The lowest BCUT2D eigenvalue weighted by atomic mass is 9.73. The first-order valence-corrected chi connectivity index (χ1v) is 4.81. The van der Waals surface area contributed by atoms with Gasteiger partial charge >= 0.3 is 0 Å². The van der Waals surface area contributed by atoms with Gasteiger partial charge in [-0.2, -0.15) is 0 Å². The standard InChI is InChI=1S/C12H11NO/c1-12-7-6-9(11(14)13-12)8-4-2-3-5-10(8)12/h2-7,9H,1H3,(H,13,14). The Labute approximate surface area is 82.6 Å². The van der Waals surface area contributed by atoms with Gasteiger partial charge in [0.05, 0.1) is 11.5 Å². The molecule has 14 heavy (non-hydrogen) atoms. The summed E-state index contributed by atoms with van der Waals surface area (Å²) in [6.07, 6.45) is 4.09. The number of amides is 1. The number of hydrogen-bond donors (Lipinski definition) is 1. The zero-order valence-corrected chi connectivity index (χ0v) is 7.95. The normalized spacial score (nSPS) is 32.6. The summed E-state index contributed by atoms with van der Waals surface area (Å²) in [7, 11) is 0. The lowest BCUT2D eigenvalue weighted by Crippen LogP contribution is -2.51. The Kier molecular flexibility index (Phi) is 1.26. The van der Waals surface area contributed by atoms with E-state index in [0.717, 1.165) is 5.56 Å².